The molecule has 0 aliphatic heterocycles. The van der Waals surface area contributed by atoms with E-state index in [1.165, 1.54) is 13.0 Å². The molecule has 108 valence electrons. The summed E-state index contributed by atoms with van der Waals surface area (Å²) in [4.78, 5) is 0. The Kier molecular flexibility index (Phi) is 5.84. The van der Waals surface area contributed by atoms with Gasteiger partial charge in [0.2, 0.25) is 5.75 Å². The number of hydrogen-bond donors (Lipinski definition) is 0. The standard InChI is InChI=1S/C7H8O9S3/c1-4-2-3-5(14-17(8)9)7(16-19(12)13)6(4)15-18(10)11/h2-3H,1H3,(H,8,9)(H,10,11)(H,12,13)/p-3. The lowest BCUT2D eigenvalue weighted by atomic mass is 10.2. The van der Waals surface area contributed by atoms with E-state index in [-0.39, 0.29) is 5.56 Å². The number of hydrogen-bond acceptors (Lipinski definition) is 9. The maximum absolute atomic E-state index is 10.5. The first-order valence-corrected chi connectivity index (χ1v) is 7.27. The molecule has 0 spiro atoms. The molecule has 0 aliphatic carbocycles. The molecule has 0 radical (unpaired) electrons. The first-order chi connectivity index (χ1) is 8.81. The Morgan fingerprint density at radius 2 is 1.32 bits per heavy atom. The van der Waals surface area contributed by atoms with Gasteiger partial charge >= 0.3 is 0 Å². The van der Waals surface area contributed by atoms with E-state index in [4.69, 9.17) is 0 Å². The average Bonchev–Trinajstić information content (AvgIpc) is 2.25. The van der Waals surface area contributed by atoms with E-state index in [1.54, 1.807) is 0 Å². The van der Waals surface area contributed by atoms with Crippen LogP contribution in [-0.4, -0.2) is 26.3 Å². The molecule has 0 saturated carbocycles. The average molecular weight is 329 g/mol. The third-order valence-electron chi connectivity index (χ3n) is 1.73. The molecule has 1 aromatic carbocycles. The largest absolute Gasteiger partial charge is 0.740 e. The third kappa shape index (κ3) is 4.85. The Bertz CT molecular complexity index is 543. The molecule has 0 bridgehead atoms. The van der Waals surface area contributed by atoms with Crippen molar-refractivity contribution in [3.8, 4) is 17.2 Å². The van der Waals surface area contributed by atoms with Gasteiger partial charge in [0.15, 0.2) is 11.5 Å². The predicted molar refractivity (Wildman–Crippen MR) is 59.8 cm³/mol. The maximum Gasteiger partial charge on any atom is 0.226 e. The van der Waals surface area contributed by atoms with Crippen molar-refractivity contribution in [1.82, 2.24) is 0 Å². The zero-order valence-electron chi connectivity index (χ0n) is 9.05. The normalized spacial score (nSPS) is 15.4. The second kappa shape index (κ2) is 6.93. The molecule has 3 atom stereocenters. The lowest BCUT2D eigenvalue weighted by Gasteiger charge is -2.19. The molecule has 1 rings (SSSR count). The van der Waals surface area contributed by atoms with Gasteiger partial charge in [-0.15, -0.1) is 0 Å². The van der Waals surface area contributed by atoms with Crippen molar-refractivity contribution in [3.63, 3.8) is 0 Å². The van der Waals surface area contributed by atoms with Gasteiger partial charge < -0.3 is 26.2 Å². The number of rotatable bonds is 6. The van der Waals surface area contributed by atoms with E-state index in [0.717, 1.165) is 6.07 Å². The highest BCUT2D eigenvalue weighted by Crippen LogP contribution is 2.41. The quantitative estimate of drug-likeness (QED) is 0.630. The van der Waals surface area contributed by atoms with Gasteiger partial charge in [0, 0.05) is 0 Å². The van der Waals surface area contributed by atoms with Gasteiger partial charge in [-0.05, 0) is 18.6 Å². The highest BCUT2D eigenvalue weighted by Gasteiger charge is 2.18. The van der Waals surface area contributed by atoms with E-state index in [0.29, 0.717) is 0 Å². The van der Waals surface area contributed by atoms with E-state index < -0.39 is 51.3 Å². The fourth-order valence-electron chi connectivity index (χ4n) is 1.10. The Balaban J connectivity index is 3.35. The van der Waals surface area contributed by atoms with Crippen LogP contribution in [0.15, 0.2) is 12.1 Å². The maximum atomic E-state index is 10.5. The molecule has 0 amide bonds. The fourth-order valence-corrected chi connectivity index (χ4v) is 2.02. The minimum Gasteiger partial charge on any atom is -0.740 e. The lowest BCUT2D eigenvalue weighted by Crippen LogP contribution is -2.08. The summed E-state index contributed by atoms with van der Waals surface area (Å²) in [7, 11) is 0. The Labute approximate surface area is 115 Å². The van der Waals surface area contributed by atoms with Crippen LogP contribution in [-0.2, 0) is 34.1 Å². The van der Waals surface area contributed by atoms with Gasteiger partial charge in [0.1, 0.15) is 34.1 Å². The molecule has 3 unspecified atom stereocenters. The molecule has 0 heterocycles. The topological polar surface area (TPSA) is 148 Å². The van der Waals surface area contributed by atoms with Crippen molar-refractivity contribution in [1.29, 1.82) is 0 Å². The SMILES string of the molecule is Cc1ccc(OS(=O)[O-])c(OS(=O)[O-])c1OS(=O)[O-]. The number of benzene rings is 1. The van der Waals surface area contributed by atoms with Gasteiger partial charge in [-0.2, -0.15) is 0 Å². The second-order valence-electron chi connectivity index (χ2n) is 2.90. The van der Waals surface area contributed by atoms with E-state index in [1.807, 2.05) is 0 Å². The van der Waals surface area contributed by atoms with Gasteiger partial charge in [-0.1, -0.05) is 6.07 Å². The fraction of sp³-hybridized carbons (Fsp3) is 0.143. The van der Waals surface area contributed by atoms with E-state index in [2.05, 4.69) is 12.5 Å². The Morgan fingerprint density at radius 1 is 0.842 bits per heavy atom. The first kappa shape index (κ1) is 16.0. The summed E-state index contributed by atoms with van der Waals surface area (Å²) < 4.78 is 75.8. The predicted octanol–water partition coefficient (Wildman–Crippen LogP) is -0.486. The van der Waals surface area contributed by atoms with Crippen LogP contribution in [0.1, 0.15) is 5.56 Å². The van der Waals surface area contributed by atoms with Gasteiger partial charge in [-0.3, -0.25) is 0 Å². The van der Waals surface area contributed by atoms with Crippen LogP contribution < -0.4 is 12.5 Å². The molecule has 12 heteroatoms. The van der Waals surface area contributed by atoms with Crippen molar-refractivity contribution in [3.05, 3.63) is 17.7 Å². The summed E-state index contributed by atoms with van der Waals surface area (Å²) in [5.74, 6) is -1.73. The molecular weight excluding hydrogens is 324 g/mol. The summed E-state index contributed by atoms with van der Waals surface area (Å²) in [6, 6.07) is 2.33. The Morgan fingerprint density at radius 3 is 1.79 bits per heavy atom. The van der Waals surface area contributed by atoms with Crippen molar-refractivity contribution < 1.29 is 38.8 Å². The minimum absolute atomic E-state index is 0.189. The molecule has 1 aromatic rings. The first-order valence-electron chi connectivity index (χ1n) is 4.27. The summed E-state index contributed by atoms with van der Waals surface area (Å²) >= 11 is -9.11. The molecule has 0 saturated heterocycles. The van der Waals surface area contributed by atoms with Crippen molar-refractivity contribution in [2.75, 3.05) is 0 Å². The summed E-state index contributed by atoms with van der Waals surface area (Å²) in [6.45, 7) is 1.39. The highest BCUT2D eigenvalue weighted by atomic mass is 32.2. The van der Waals surface area contributed by atoms with Crippen LogP contribution in [0.5, 0.6) is 17.2 Å². The van der Waals surface area contributed by atoms with Crippen molar-refractivity contribution >= 4 is 34.1 Å². The molecule has 19 heavy (non-hydrogen) atoms. The van der Waals surface area contributed by atoms with Crippen molar-refractivity contribution in [2.45, 2.75) is 6.92 Å². The van der Waals surface area contributed by atoms with Gasteiger partial charge in [0.05, 0.1) is 0 Å². The second-order valence-corrected chi connectivity index (χ2v) is 4.63. The zero-order valence-corrected chi connectivity index (χ0v) is 11.5. The molecular formula is C7H5O9S3-3. The summed E-state index contributed by atoms with van der Waals surface area (Å²) in [5, 5.41) is 0. The van der Waals surface area contributed by atoms with E-state index >= 15 is 0 Å². The van der Waals surface area contributed by atoms with Crippen LogP contribution in [0, 0.1) is 6.92 Å². The number of aryl methyl sites for hydroxylation is 1. The summed E-state index contributed by atoms with van der Waals surface area (Å²) in [5.41, 5.74) is 0.189. The zero-order chi connectivity index (χ0) is 14.6. The molecule has 9 nitrogen and oxygen atoms in total. The van der Waals surface area contributed by atoms with E-state index in [9.17, 15) is 26.3 Å². The van der Waals surface area contributed by atoms with Crippen LogP contribution in [0.2, 0.25) is 0 Å². The lowest BCUT2D eigenvalue weighted by molar-refractivity contribution is 0.393. The summed E-state index contributed by atoms with van der Waals surface area (Å²) in [6.07, 6.45) is 0. The smallest absolute Gasteiger partial charge is 0.226 e. The van der Waals surface area contributed by atoms with Crippen LogP contribution >= 0.6 is 0 Å². The van der Waals surface area contributed by atoms with Crippen molar-refractivity contribution in [2.24, 2.45) is 0 Å². The molecule has 0 aliphatic rings. The van der Waals surface area contributed by atoms with Crippen LogP contribution in [0.3, 0.4) is 0 Å². The van der Waals surface area contributed by atoms with Gasteiger partial charge in [0.25, 0.3) is 0 Å². The van der Waals surface area contributed by atoms with Crippen LogP contribution in [0.25, 0.3) is 0 Å². The molecule has 0 fully saturated rings. The minimum atomic E-state index is -3.09. The Hall–Kier alpha value is -1.05. The highest BCUT2D eigenvalue weighted by molar-refractivity contribution is 7.75. The molecule has 0 aromatic heterocycles. The monoisotopic (exact) mass is 329 g/mol. The van der Waals surface area contributed by atoms with Crippen LogP contribution in [0.4, 0.5) is 0 Å². The molecule has 0 N–H and O–H groups in total. The van der Waals surface area contributed by atoms with Gasteiger partial charge in [-0.25, -0.2) is 12.6 Å². The third-order valence-corrected chi connectivity index (χ3v) is 2.65.